The highest BCUT2D eigenvalue weighted by molar-refractivity contribution is 5.95. The van der Waals surface area contributed by atoms with Crippen molar-refractivity contribution in [1.82, 2.24) is 14.5 Å². The smallest absolute Gasteiger partial charge is 0.254 e. The zero-order valence-corrected chi connectivity index (χ0v) is 17.7. The second kappa shape index (κ2) is 6.61. The number of carbonyl (C=O) groups excluding carboxylic acids is 1. The van der Waals surface area contributed by atoms with Gasteiger partial charge in [0.25, 0.3) is 5.91 Å². The number of carbonyl (C=O) groups is 1. The lowest BCUT2D eigenvalue weighted by Crippen LogP contribution is -2.53. The van der Waals surface area contributed by atoms with E-state index in [1.165, 1.54) is 18.5 Å². The lowest BCUT2D eigenvalue weighted by atomic mass is 9.88. The van der Waals surface area contributed by atoms with Crippen LogP contribution in [0.1, 0.15) is 40.9 Å². The predicted octanol–water partition coefficient (Wildman–Crippen LogP) is 3.86. The van der Waals surface area contributed by atoms with Crippen LogP contribution in [-0.4, -0.2) is 45.1 Å². The Balaban J connectivity index is 1.41. The molecule has 1 amide bonds. The van der Waals surface area contributed by atoms with Gasteiger partial charge in [-0.25, -0.2) is 4.98 Å². The Labute approximate surface area is 181 Å². The number of likely N-dealkylation sites (tertiary alicyclic amines) is 1. The number of hydrogen-bond donors (Lipinski definition) is 1. The maximum Gasteiger partial charge on any atom is 0.254 e. The molecule has 6 heteroatoms. The number of rotatable bonds is 3. The van der Waals surface area contributed by atoms with Crippen LogP contribution < -0.4 is 4.90 Å². The van der Waals surface area contributed by atoms with Crippen molar-refractivity contribution < 1.29 is 9.90 Å². The molecule has 6 nitrogen and oxygen atoms in total. The molecule has 2 fully saturated rings. The molecule has 1 N–H and O–H groups in total. The van der Waals surface area contributed by atoms with Gasteiger partial charge in [-0.05, 0) is 74.1 Å². The molecule has 3 aliphatic rings. The summed E-state index contributed by atoms with van der Waals surface area (Å²) in [5.74, 6) is 1.84. The first-order valence-corrected chi connectivity index (χ1v) is 11.1. The van der Waals surface area contributed by atoms with E-state index in [1.807, 2.05) is 36.2 Å². The Morgan fingerprint density at radius 3 is 2.90 bits per heavy atom. The first-order valence-electron chi connectivity index (χ1n) is 11.1. The van der Waals surface area contributed by atoms with E-state index in [0.29, 0.717) is 24.6 Å². The highest BCUT2D eigenvalue weighted by Gasteiger charge is 2.51. The molecule has 4 heterocycles. The number of amides is 1. The fourth-order valence-electron chi connectivity index (χ4n) is 5.25. The monoisotopic (exact) mass is 414 g/mol. The number of nitrogens with zero attached hydrogens (tertiary/aromatic N) is 4. The van der Waals surface area contributed by atoms with Crippen molar-refractivity contribution in [2.24, 2.45) is 5.92 Å². The summed E-state index contributed by atoms with van der Waals surface area (Å²) in [7, 11) is 0. The number of hydrogen-bond acceptors (Lipinski definition) is 4. The van der Waals surface area contributed by atoms with Crippen LogP contribution in [0.4, 0.5) is 5.69 Å². The Bertz CT molecular complexity index is 1180. The number of phenolic OH excluding ortho intramolecular Hbond substituents is 1. The maximum atomic E-state index is 13.4. The van der Waals surface area contributed by atoms with Crippen molar-refractivity contribution in [1.29, 1.82) is 0 Å². The van der Waals surface area contributed by atoms with Gasteiger partial charge in [0.2, 0.25) is 0 Å². The third kappa shape index (κ3) is 2.77. The molecule has 1 saturated heterocycles. The maximum absolute atomic E-state index is 13.4. The van der Waals surface area contributed by atoms with Gasteiger partial charge in [0.15, 0.2) is 5.82 Å². The number of aromatic hydroxyl groups is 1. The van der Waals surface area contributed by atoms with E-state index in [9.17, 15) is 9.90 Å². The fourth-order valence-corrected chi connectivity index (χ4v) is 5.25. The third-order valence-electron chi connectivity index (χ3n) is 7.16. The lowest BCUT2D eigenvalue weighted by molar-refractivity contribution is 0.0781. The molecule has 0 bridgehead atoms. The lowest BCUT2D eigenvalue weighted by Gasteiger charge is -2.47. The van der Waals surface area contributed by atoms with Crippen LogP contribution in [0.5, 0.6) is 5.75 Å². The number of aromatic nitrogens is 2. The molecule has 2 aromatic heterocycles. The molecular formula is C25H26N4O2. The van der Waals surface area contributed by atoms with Gasteiger partial charge < -0.3 is 19.5 Å². The van der Waals surface area contributed by atoms with Gasteiger partial charge in [0.1, 0.15) is 11.3 Å². The molecule has 1 unspecified atom stereocenters. The minimum absolute atomic E-state index is 0.0198. The van der Waals surface area contributed by atoms with Crippen LogP contribution in [0.25, 0.3) is 5.82 Å². The minimum atomic E-state index is -0.259. The highest BCUT2D eigenvalue weighted by atomic mass is 16.3. The Morgan fingerprint density at radius 1 is 1.23 bits per heavy atom. The van der Waals surface area contributed by atoms with E-state index in [4.69, 9.17) is 4.98 Å². The van der Waals surface area contributed by atoms with E-state index in [1.54, 1.807) is 6.07 Å². The predicted molar refractivity (Wildman–Crippen MR) is 119 cm³/mol. The van der Waals surface area contributed by atoms with Crippen molar-refractivity contribution in [3.05, 3.63) is 71.7 Å². The summed E-state index contributed by atoms with van der Waals surface area (Å²) in [6.07, 6.45) is 7.36. The van der Waals surface area contributed by atoms with Gasteiger partial charge in [0.05, 0.1) is 11.4 Å². The van der Waals surface area contributed by atoms with Crippen LogP contribution in [0.15, 0.2) is 54.9 Å². The molecule has 158 valence electrons. The van der Waals surface area contributed by atoms with Gasteiger partial charge in [-0.3, -0.25) is 4.79 Å². The van der Waals surface area contributed by atoms with Crippen molar-refractivity contribution in [3.63, 3.8) is 0 Å². The van der Waals surface area contributed by atoms with Gasteiger partial charge in [-0.2, -0.15) is 0 Å². The van der Waals surface area contributed by atoms with Gasteiger partial charge in [-0.15, -0.1) is 0 Å². The zero-order chi connectivity index (χ0) is 21.2. The average Bonchev–Trinajstić information content (AvgIpc) is 3.28. The van der Waals surface area contributed by atoms with Gasteiger partial charge in [-0.1, -0.05) is 6.07 Å². The summed E-state index contributed by atoms with van der Waals surface area (Å²) < 4.78 is 2.20. The van der Waals surface area contributed by atoms with Crippen LogP contribution in [-0.2, 0) is 5.54 Å². The molecule has 0 radical (unpaired) electrons. The number of phenols is 1. The average molecular weight is 415 g/mol. The minimum Gasteiger partial charge on any atom is -0.508 e. The summed E-state index contributed by atoms with van der Waals surface area (Å²) in [4.78, 5) is 22.5. The number of fused-ring (bicyclic) bond motifs is 4. The molecule has 1 saturated carbocycles. The number of benzene rings is 1. The topological polar surface area (TPSA) is 61.6 Å². The molecule has 1 atom stereocenters. The second-order valence-corrected chi connectivity index (χ2v) is 9.17. The summed E-state index contributed by atoms with van der Waals surface area (Å²) >= 11 is 0. The van der Waals surface area contributed by atoms with Crippen molar-refractivity contribution in [2.75, 3.05) is 24.5 Å². The summed E-state index contributed by atoms with van der Waals surface area (Å²) in [5, 5.41) is 10.1. The van der Waals surface area contributed by atoms with Crippen LogP contribution >= 0.6 is 0 Å². The number of pyridine rings is 1. The SMILES string of the molecule is Cc1ccc(C(=O)N2CCC3(C2)c2cccn2-c2ncccc2N3CC2CC2)cc1O. The van der Waals surface area contributed by atoms with Gasteiger partial charge >= 0.3 is 0 Å². The quantitative estimate of drug-likeness (QED) is 0.707. The molecule has 1 spiro atoms. The molecule has 6 rings (SSSR count). The largest absolute Gasteiger partial charge is 0.508 e. The Morgan fingerprint density at radius 2 is 2.10 bits per heavy atom. The van der Waals surface area contributed by atoms with Crippen LogP contribution in [0.3, 0.4) is 0 Å². The summed E-state index contributed by atoms with van der Waals surface area (Å²) in [6.45, 7) is 4.16. The van der Waals surface area contributed by atoms with Crippen molar-refractivity contribution in [2.45, 2.75) is 31.7 Å². The second-order valence-electron chi connectivity index (χ2n) is 9.17. The van der Waals surface area contributed by atoms with E-state index in [2.05, 4.69) is 33.9 Å². The van der Waals surface area contributed by atoms with Gasteiger partial charge in [0, 0.05) is 37.6 Å². The normalized spacial score (nSPS) is 22.0. The molecule has 31 heavy (non-hydrogen) atoms. The number of anilines is 1. The fraction of sp³-hybridized carbons (Fsp3) is 0.360. The standard InChI is InChI=1S/C25H26N4O2/c1-17-6-9-19(14-21(17)30)24(31)27-13-10-25(16-27)22-5-3-12-28(22)23-20(4-2-11-26-23)29(25)15-18-7-8-18/h2-6,9,11-12,14,18,30H,7-8,10,13,15-16H2,1H3. The number of aryl methyl sites for hydroxylation is 1. The molecular weight excluding hydrogens is 388 g/mol. The van der Waals surface area contributed by atoms with E-state index in [0.717, 1.165) is 30.0 Å². The van der Waals surface area contributed by atoms with Crippen LogP contribution in [0, 0.1) is 12.8 Å². The van der Waals surface area contributed by atoms with Crippen molar-refractivity contribution in [3.8, 4) is 11.6 Å². The summed E-state index contributed by atoms with van der Waals surface area (Å²) in [5.41, 5.74) is 3.42. The third-order valence-corrected chi connectivity index (χ3v) is 7.16. The molecule has 1 aliphatic carbocycles. The first-order chi connectivity index (χ1) is 15.1. The molecule has 1 aromatic carbocycles. The molecule has 2 aliphatic heterocycles. The molecule has 3 aromatic rings. The van der Waals surface area contributed by atoms with E-state index in [-0.39, 0.29) is 17.2 Å². The first kappa shape index (κ1) is 18.5. The van der Waals surface area contributed by atoms with E-state index >= 15 is 0 Å². The zero-order valence-electron chi connectivity index (χ0n) is 17.7. The van der Waals surface area contributed by atoms with Crippen molar-refractivity contribution >= 4 is 11.6 Å². The van der Waals surface area contributed by atoms with Crippen LogP contribution in [0.2, 0.25) is 0 Å². The highest BCUT2D eigenvalue weighted by Crippen LogP contribution is 2.49. The summed E-state index contributed by atoms with van der Waals surface area (Å²) in [6, 6.07) is 13.6. The van der Waals surface area contributed by atoms with E-state index < -0.39 is 0 Å². The Hall–Kier alpha value is -3.28. The Kier molecular flexibility index (Phi) is 3.94.